The Labute approximate surface area is 108 Å². The van der Waals surface area contributed by atoms with Crippen molar-refractivity contribution in [2.75, 3.05) is 24.7 Å². The summed E-state index contributed by atoms with van der Waals surface area (Å²) in [6.07, 6.45) is 0.966. The molecule has 1 aliphatic heterocycles. The van der Waals surface area contributed by atoms with Crippen molar-refractivity contribution < 1.29 is 13.2 Å². The van der Waals surface area contributed by atoms with Crippen LogP contribution in [0.4, 0.5) is 0 Å². The summed E-state index contributed by atoms with van der Waals surface area (Å²) in [6.45, 7) is 3.01. The van der Waals surface area contributed by atoms with Gasteiger partial charge >= 0.3 is 0 Å². The standard InChI is InChI=1S/C13H19NO3S/c1-2-11-4-3-5-13(8-11)17-9-12-10-18(15,16)7-6-14-12/h3-5,8,12,14H,2,6-7,9-10H2,1H3. The molecule has 0 aliphatic carbocycles. The van der Waals surface area contributed by atoms with Gasteiger partial charge in [0.1, 0.15) is 12.4 Å². The van der Waals surface area contributed by atoms with Crippen molar-refractivity contribution in [2.24, 2.45) is 0 Å². The molecule has 1 aromatic carbocycles. The summed E-state index contributed by atoms with van der Waals surface area (Å²) >= 11 is 0. The lowest BCUT2D eigenvalue weighted by molar-refractivity contribution is 0.273. The lowest BCUT2D eigenvalue weighted by Gasteiger charge is -2.23. The minimum absolute atomic E-state index is 0.103. The van der Waals surface area contributed by atoms with E-state index in [0.29, 0.717) is 13.2 Å². The van der Waals surface area contributed by atoms with Crippen molar-refractivity contribution >= 4 is 9.84 Å². The zero-order valence-corrected chi connectivity index (χ0v) is 11.4. The fourth-order valence-electron chi connectivity index (χ4n) is 2.03. The van der Waals surface area contributed by atoms with Gasteiger partial charge in [-0.2, -0.15) is 0 Å². The van der Waals surface area contributed by atoms with E-state index in [1.807, 2.05) is 18.2 Å². The highest BCUT2D eigenvalue weighted by Crippen LogP contribution is 2.14. The van der Waals surface area contributed by atoms with Gasteiger partial charge in [0.05, 0.1) is 17.5 Å². The zero-order valence-electron chi connectivity index (χ0n) is 10.6. The predicted molar refractivity (Wildman–Crippen MR) is 71.8 cm³/mol. The molecule has 0 spiro atoms. The highest BCUT2D eigenvalue weighted by atomic mass is 32.2. The molecule has 2 rings (SSSR count). The minimum Gasteiger partial charge on any atom is -0.492 e. The van der Waals surface area contributed by atoms with Gasteiger partial charge in [0.25, 0.3) is 0 Å². The number of hydrogen-bond donors (Lipinski definition) is 1. The number of aryl methyl sites for hydroxylation is 1. The maximum absolute atomic E-state index is 11.5. The molecular formula is C13H19NO3S. The van der Waals surface area contributed by atoms with Crippen LogP contribution < -0.4 is 10.1 Å². The molecule has 1 N–H and O–H groups in total. The molecule has 4 nitrogen and oxygen atoms in total. The lowest BCUT2D eigenvalue weighted by Crippen LogP contribution is -2.48. The van der Waals surface area contributed by atoms with Crippen LogP contribution in [-0.4, -0.2) is 39.1 Å². The van der Waals surface area contributed by atoms with E-state index >= 15 is 0 Å². The van der Waals surface area contributed by atoms with Crippen LogP contribution in [0.15, 0.2) is 24.3 Å². The van der Waals surface area contributed by atoms with Crippen molar-refractivity contribution in [3.05, 3.63) is 29.8 Å². The second kappa shape index (κ2) is 5.71. The third-order valence-electron chi connectivity index (χ3n) is 3.06. The largest absolute Gasteiger partial charge is 0.492 e. The van der Waals surface area contributed by atoms with E-state index in [9.17, 15) is 8.42 Å². The normalized spacial score (nSPS) is 22.6. The van der Waals surface area contributed by atoms with Crippen LogP contribution >= 0.6 is 0 Å². The summed E-state index contributed by atoms with van der Waals surface area (Å²) in [5, 5.41) is 3.17. The van der Waals surface area contributed by atoms with Crippen LogP contribution in [0, 0.1) is 0 Å². The average molecular weight is 269 g/mol. The van der Waals surface area contributed by atoms with E-state index in [0.717, 1.165) is 12.2 Å². The number of ether oxygens (including phenoxy) is 1. The predicted octanol–water partition coefficient (Wildman–Crippen LogP) is 1.01. The molecule has 0 radical (unpaired) electrons. The number of nitrogens with one attached hydrogen (secondary N) is 1. The van der Waals surface area contributed by atoms with E-state index < -0.39 is 9.84 Å². The molecule has 5 heteroatoms. The highest BCUT2D eigenvalue weighted by molar-refractivity contribution is 7.91. The van der Waals surface area contributed by atoms with E-state index in [4.69, 9.17) is 4.74 Å². The van der Waals surface area contributed by atoms with Gasteiger partial charge < -0.3 is 10.1 Å². The molecule has 0 saturated carbocycles. The van der Waals surface area contributed by atoms with E-state index in [2.05, 4.69) is 18.3 Å². The first kappa shape index (κ1) is 13.4. The summed E-state index contributed by atoms with van der Waals surface area (Å²) < 4.78 is 28.6. The molecule has 0 aromatic heterocycles. The van der Waals surface area contributed by atoms with Gasteiger partial charge in [-0.25, -0.2) is 8.42 Å². The van der Waals surface area contributed by atoms with Crippen molar-refractivity contribution in [3.63, 3.8) is 0 Å². The van der Waals surface area contributed by atoms with Crippen LogP contribution in [0.1, 0.15) is 12.5 Å². The van der Waals surface area contributed by atoms with E-state index in [1.54, 1.807) is 0 Å². The smallest absolute Gasteiger partial charge is 0.153 e. The number of sulfone groups is 1. The zero-order chi connectivity index (χ0) is 13.0. The SMILES string of the molecule is CCc1cccc(OCC2CS(=O)(=O)CCN2)c1. The Morgan fingerprint density at radius 2 is 2.28 bits per heavy atom. The van der Waals surface area contributed by atoms with Crippen molar-refractivity contribution in [2.45, 2.75) is 19.4 Å². The summed E-state index contributed by atoms with van der Waals surface area (Å²) in [7, 11) is -2.89. The first-order valence-corrected chi connectivity index (χ1v) is 8.07. The Kier molecular flexibility index (Phi) is 4.24. The summed E-state index contributed by atoms with van der Waals surface area (Å²) in [5.41, 5.74) is 1.22. The molecule has 1 saturated heterocycles. The second-order valence-electron chi connectivity index (χ2n) is 4.58. The average Bonchev–Trinajstić information content (AvgIpc) is 2.35. The van der Waals surface area contributed by atoms with Gasteiger partial charge in [0.15, 0.2) is 9.84 Å². The minimum atomic E-state index is -2.89. The van der Waals surface area contributed by atoms with Gasteiger partial charge in [-0.05, 0) is 24.1 Å². The first-order chi connectivity index (χ1) is 8.59. The summed E-state index contributed by atoms with van der Waals surface area (Å²) in [5.74, 6) is 1.20. The van der Waals surface area contributed by atoms with Gasteiger partial charge in [-0.1, -0.05) is 19.1 Å². The molecule has 1 unspecified atom stereocenters. The molecule has 1 atom stereocenters. The topological polar surface area (TPSA) is 55.4 Å². The van der Waals surface area contributed by atoms with Crippen LogP contribution in [0.2, 0.25) is 0 Å². The van der Waals surface area contributed by atoms with Gasteiger partial charge in [-0.15, -0.1) is 0 Å². The maximum Gasteiger partial charge on any atom is 0.153 e. The lowest BCUT2D eigenvalue weighted by atomic mass is 10.2. The van der Waals surface area contributed by atoms with Gasteiger partial charge in [0.2, 0.25) is 0 Å². The molecule has 1 fully saturated rings. The highest BCUT2D eigenvalue weighted by Gasteiger charge is 2.24. The summed E-state index contributed by atoms with van der Waals surface area (Å²) in [6, 6.07) is 7.80. The third-order valence-corrected chi connectivity index (χ3v) is 4.80. The molecule has 1 heterocycles. The Balaban J connectivity index is 1.91. The molecule has 1 aromatic rings. The van der Waals surface area contributed by atoms with Crippen LogP contribution in [-0.2, 0) is 16.3 Å². The quantitative estimate of drug-likeness (QED) is 0.886. The van der Waals surface area contributed by atoms with E-state index in [-0.39, 0.29) is 17.5 Å². The van der Waals surface area contributed by atoms with E-state index in [1.165, 1.54) is 5.56 Å². The fourth-order valence-corrected chi connectivity index (χ4v) is 3.45. The van der Waals surface area contributed by atoms with Gasteiger partial charge in [-0.3, -0.25) is 0 Å². The molecule has 100 valence electrons. The number of benzene rings is 1. The Morgan fingerprint density at radius 1 is 1.44 bits per heavy atom. The van der Waals surface area contributed by atoms with Gasteiger partial charge in [0, 0.05) is 6.54 Å². The molecule has 0 amide bonds. The van der Waals surface area contributed by atoms with Crippen LogP contribution in [0.5, 0.6) is 5.75 Å². The molecular weight excluding hydrogens is 250 g/mol. The third kappa shape index (κ3) is 3.71. The fraction of sp³-hybridized carbons (Fsp3) is 0.538. The number of rotatable bonds is 4. The monoisotopic (exact) mass is 269 g/mol. The Bertz CT molecular complexity index is 499. The second-order valence-corrected chi connectivity index (χ2v) is 6.81. The molecule has 1 aliphatic rings. The van der Waals surface area contributed by atoms with Crippen molar-refractivity contribution in [3.8, 4) is 5.75 Å². The summed E-state index contributed by atoms with van der Waals surface area (Å²) in [4.78, 5) is 0. The van der Waals surface area contributed by atoms with Crippen LogP contribution in [0.25, 0.3) is 0 Å². The Hall–Kier alpha value is -1.07. The number of hydrogen-bond acceptors (Lipinski definition) is 4. The Morgan fingerprint density at radius 3 is 3.00 bits per heavy atom. The maximum atomic E-state index is 11.5. The molecule has 0 bridgehead atoms. The van der Waals surface area contributed by atoms with Crippen molar-refractivity contribution in [1.82, 2.24) is 5.32 Å². The van der Waals surface area contributed by atoms with Crippen LogP contribution in [0.3, 0.4) is 0 Å². The molecule has 18 heavy (non-hydrogen) atoms. The first-order valence-electron chi connectivity index (χ1n) is 6.24. The van der Waals surface area contributed by atoms with Crippen molar-refractivity contribution in [1.29, 1.82) is 0 Å².